The summed E-state index contributed by atoms with van der Waals surface area (Å²) in [6.45, 7) is 5.09. The number of para-hydroxylation sites is 1. The van der Waals surface area contributed by atoms with Crippen LogP contribution in [0.2, 0.25) is 0 Å². The van der Waals surface area contributed by atoms with E-state index in [4.69, 9.17) is 0 Å². The van der Waals surface area contributed by atoms with Gasteiger partial charge in [-0.2, -0.15) is 0 Å². The van der Waals surface area contributed by atoms with Crippen LogP contribution in [0.15, 0.2) is 29.2 Å². The van der Waals surface area contributed by atoms with Crippen LogP contribution < -0.4 is 5.32 Å². The molecule has 0 saturated heterocycles. The summed E-state index contributed by atoms with van der Waals surface area (Å²) in [5, 5.41) is 3.14. The Morgan fingerprint density at radius 3 is 2.47 bits per heavy atom. The fourth-order valence-corrected chi connectivity index (χ4v) is 2.78. The second-order valence-electron chi connectivity index (χ2n) is 3.84. The van der Waals surface area contributed by atoms with Crippen LogP contribution >= 0.6 is 0 Å². The maximum atomic E-state index is 12.2. The quantitative estimate of drug-likeness (QED) is 0.848. The Balaban J connectivity index is 3.13. The van der Waals surface area contributed by atoms with Crippen LogP contribution in [0.5, 0.6) is 0 Å². The molecule has 0 bridgehead atoms. The Hall–Kier alpha value is -1.07. The van der Waals surface area contributed by atoms with Gasteiger partial charge in [-0.3, -0.25) is 0 Å². The van der Waals surface area contributed by atoms with Gasteiger partial charge >= 0.3 is 0 Å². The molecule has 0 aliphatic heterocycles. The summed E-state index contributed by atoms with van der Waals surface area (Å²) in [5.41, 5.74) is 0.676. The first-order valence-electron chi connectivity index (χ1n) is 5.83. The zero-order valence-electron chi connectivity index (χ0n) is 10.6. The molecule has 0 heterocycles. The zero-order valence-corrected chi connectivity index (χ0v) is 11.4. The first-order valence-corrected chi connectivity index (χ1v) is 7.27. The predicted octanol–water partition coefficient (Wildman–Crippen LogP) is 2.15. The van der Waals surface area contributed by atoms with Crippen molar-refractivity contribution in [3.63, 3.8) is 0 Å². The topological polar surface area (TPSA) is 49.4 Å². The van der Waals surface area contributed by atoms with Crippen molar-refractivity contribution in [1.82, 2.24) is 4.31 Å². The van der Waals surface area contributed by atoms with E-state index in [2.05, 4.69) is 5.32 Å². The summed E-state index contributed by atoms with van der Waals surface area (Å²) in [7, 11) is -1.79. The normalized spacial score (nSPS) is 11.8. The van der Waals surface area contributed by atoms with Gasteiger partial charge < -0.3 is 5.32 Å². The van der Waals surface area contributed by atoms with E-state index in [-0.39, 0.29) is 0 Å². The summed E-state index contributed by atoms with van der Waals surface area (Å²) >= 11 is 0. The summed E-state index contributed by atoms with van der Waals surface area (Å²) in [4.78, 5) is 0.345. The highest BCUT2D eigenvalue weighted by Gasteiger charge is 2.22. The van der Waals surface area contributed by atoms with Crippen LogP contribution in [0.25, 0.3) is 0 Å². The van der Waals surface area contributed by atoms with Gasteiger partial charge in [-0.1, -0.05) is 26.0 Å². The molecular weight excluding hydrogens is 236 g/mol. The molecule has 0 radical (unpaired) electrons. The van der Waals surface area contributed by atoms with Gasteiger partial charge in [0.15, 0.2) is 0 Å². The van der Waals surface area contributed by atoms with Crippen molar-refractivity contribution in [3.05, 3.63) is 24.3 Å². The van der Waals surface area contributed by atoms with Crippen LogP contribution in [0.1, 0.15) is 20.3 Å². The van der Waals surface area contributed by atoms with Crippen LogP contribution in [-0.4, -0.2) is 32.9 Å². The number of sulfonamides is 1. The SMILES string of the molecule is CCCNc1ccccc1S(=O)(=O)N(C)CC. The molecule has 1 aromatic rings. The Morgan fingerprint density at radius 2 is 1.88 bits per heavy atom. The molecule has 0 aliphatic carbocycles. The molecule has 5 heteroatoms. The molecule has 0 fully saturated rings. The number of benzene rings is 1. The predicted molar refractivity (Wildman–Crippen MR) is 70.7 cm³/mol. The van der Waals surface area contributed by atoms with Crippen molar-refractivity contribution < 1.29 is 8.42 Å². The molecule has 1 aromatic carbocycles. The van der Waals surface area contributed by atoms with Crippen LogP contribution in [0.4, 0.5) is 5.69 Å². The molecule has 0 spiro atoms. The largest absolute Gasteiger partial charge is 0.384 e. The van der Waals surface area contributed by atoms with Gasteiger partial charge in [-0.05, 0) is 18.6 Å². The van der Waals surface area contributed by atoms with Crippen LogP contribution in [0.3, 0.4) is 0 Å². The smallest absolute Gasteiger partial charge is 0.244 e. The Bertz CT molecular complexity index is 457. The molecule has 4 nitrogen and oxygen atoms in total. The third-order valence-corrected chi connectivity index (χ3v) is 4.58. The maximum Gasteiger partial charge on any atom is 0.244 e. The van der Waals surface area contributed by atoms with Crippen molar-refractivity contribution in [2.24, 2.45) is 0 Å². The fourth-order valence-electron chi connectivity index (χ4n) is 1.44. The highest BCUT2D eigenvalue weighted by atomic mass is 32.2. The van der Waals surface area contributed by atoms with Gasteiger partial charge in [0, 0.05) is 20.1 Å². The fraction of sp³-hybridized carbons (Fsp3) is 0.500. The highest BCUT2D eigenvalue weighted by Crippen LogP contribution is 2.23. The van der Waals surface area contributed by atoms with E-state index in [9.17, 15) is 8.42 Å². The zero-order chi connectivity index (χ0) is 12.9. The van der Waals surface area contributed by atoms with Gasteiger partial charge in [-0.25, -0.2) is 12.7 Å². The van der Waals surface area contributed by atoms with E-state index in [1.807, 2.05) is 19.9 Å². The van der Waals surface area contributed by atoms with E-state index in [1.54, 1.807) is 25.2 Å². The number of nitrogens with zero attached hydrogens (tertiary/aromatic N) is 1. The summed E-state index contributed by atoms with van der Waals surface area (Å²) in [5.74, 6) is 0. The van der Waals surface area contributed by atoms with Crippen LogP contribution in [-0.2, 0) is 10.0 Å². The number of hydrogen-bond donors (Lipinski definition) is 1. The monoisotopic (exact) mass is 256 g/mol. The molecule has 0 aliphatic rings. The molecule has 0 aromatic heterocycles. The van der Waals surface area contributed by atoms with Crippen molar-refractivity contribution in [3.8, 4) is 0 Å². The first kappa shape index (κ1) is 14.0. The van der Waals surface area contributed by atoms with Gasteiger partial charge in [0.2, 0.25) is 10.0 Å². The molecule has 1 N–H and O–H groups in total. The molecule has 0 unspecified atom stereocenters. The molecule has 96 valence electrons. The summed E-state index contributed by atoms with van der Waals surface area (Å²) in [6.07, 6.45) is 0.956. The van der Waals surface area contributed by atoms with Crippen molar-refractivity contribution >= 4 is 15.7 Å². The van der Waals surface area contributed by atoms with Crippen molar-refractivity contribution in [1.29, 1.82) is 0 Å². The molecule has 0 atom stereocenters. The van der Waals surface area contributed by atoms with E-state index >= 15 is 0 Å². The lowest BCUT2D eigenvalue weighted by atomic mass is 10.3. The van der Waals surface area contributed by atoms with Gasteiger partial charge in [0.05, 0.1) is 5.69 Å². The average molecular weight is 256 g/mol. The maximum absolute atomic E-state index is 12.2. The molecule has 0 amide bonds. The van der Waals surface area contributed by atoms with Crippen molar-refractivity contribution in [2.75, 3.05) is 25.5 Å². The molecular formula is C12H20N2O2S. The lowest BCUT2D eigenvalue weighted by Crippen LogP contribution is -2.27. The lowest BCUT2D eigenvalue weighted by Gasteiger charge is -2.18. The minimum atomic E-state index is -3.38. The highest BCUT2D eigenvalue weighted by molar-refractivity contribution is 7.89. The number of anilines is 1. The molecule has 17 heavy (non-hydrogen) atoms. The minimum Gasteiger partial charge on any atom is -0.384 e. The Labute approximate surface area is 104 Å². The Kier molecular flexibility index (Phi) is 4.96. The Morgan fingerprint density at radius 1 is 1.24 bits per heavy atom. The third kappa shape index (κ3) is 3.20. The van der Waals surface area contributed by atoms with E-state index in [0.29, 0.717) is 17.1 Å². The van der Waals surface area contributed by atoms with Gasteiger partial charge in [-0.15, -0.1) is 0 Å². The number of hydrogen-bond acceptors (Lipinski definition) is 3. The number of rotatable bonds is 6. The third-order valence-electron chi connectivity index (χ3n) is 2.59. The number of nitrogens with one attached hydrogen (secondary N) is 1. The average Bonchev–Trinajstić information content (AvgIpc) is 2.35. The molecule has 0 saturated carbocycles. The summed E-state index contributed by atoms with van der Waals surface area (Å²) in [6, 6.07) is 7.02. The van der Waals surface area contributed by atoms with E-state index in [0.717, 1.165) is 13.0 Å². The van der Waals surface area contributed by atoms with E-state index < -0.39 is 10.0 Å². The van der Waals surface area contributed by atoms with E-state index in [1.165, 1.54) is 4.31 Å². The second kappa shape index (κ2) is 6.02. The second-order valence-corrected chi connectivity index (χ2v) is 5.86. The van der Waals surface area contributed by atoms with Gasteiger partial charge in [0.25, 0.3) is 0 Å². The molecule has 1 rings (SSSR count). The minimum absolute atomic E-state index is 0.345. The first-order chi connectivity index (χ1) is 8.04. The summed E-state index contributed by atoms with van der Waals surface area (Å²) < 4.78 is 25.8. The standard InChI is InChI=1S/C12H20N2O2S/c1-4-10-13-11-8-6-7-9-12(11)17(15,16)14(3)5-2/h6-9,13H,4-5,10H2,1-3H3. The van der Waals surface area contributed by atoms with Crippen molar-refractivity contribution in [2.45, 2.75) is 25.2 Å². The van der Waals surface area contributed by atoms with Gasteiger partial charge in [0.1, 0.15) is 4.90 Å². The lowest BCUT2D eigenvalue weighted by molar-refractivity contribution is 0.486. The van der Waals surface area contributed by atoms with Crippen LogP contribution in [0, 0.1) is 0 Å².